The molecule has 1 fully saturated rings. The van der Waals surface area contributed by atoms with Crippen LogP contribution in [-0.4, -0.2) is 41.9 Å². The minimum absolute atomic E-state index is 0.0975. The summed E-state index contributed by atoms with van der Waals surface area (Å²) in [6.07, 6.45) is 0.0758. The predicted molar refractivity (Wildman–Crippen MR) is 110 cm³/mol. The summed E-state index contributed by atoms with van der Waals surface area (Å²) in [6.45, 7) is -0.108. The van der Waals surface area contributed by atoms with Crippen molar-refractivity contribution in [1.82, 2.24) is 10.6 Å². The monoisotopic (exact) mass is 433 g/mol. The van der Waals surface area contributed by atoms with Gasteiger partial charge in [0.1, 0.15) is 17.7 Å². The first-order valence-electron chi connectivity index (χ1n) is 10.0. The van der Waals surface area contributed by atoms with E-state index in [9.17, 15) is 23.5 Å². The Morgan fingerprint density at radius 2 is 1.84 bits per heavy atom. The lowest BCUT2D eigenvalue weighted by molar-refractivity contribution is -0.130. The molecule has 1 heterocycles. The molecule has 7 nitrogen and oxygen atoms in total. The second-order valence-corrected chi connectivity index (χ2v) is 7.38. The molecule has 3 rings (SSSR count). The molecule has 3 amide bonds. The van der Waals surface area contributed by atoms with E-state index in [2.05, 4.69) is 16.0 Å². The van der Waals surface area contributed by atoms with E-state index in [0.717, 1.165) is 0 Å². The Kier molecular flexibility index (Phi) is 7.91. The summed E-state index contributed by atoms with van der Waals surface area (Å²) in [5.41, 5.74) is 1.09. The number of hydrogen-bond donors (Lipinski definition) is 4. The average Bonchev–Trinajstić information content (AvgIpc) is 2.75. The number of carbonyl (C=O) groups excluding carboxylic acids is 2. The molecule has 0 radical (unpaired) electrons. The first-order valence-corrected chi connectivity index (χ1v) is 10.0. The van der Waals surface area contributed by atoms with Crippen molar-refractivity contribution >= 4 is 17.6 Å². The second kappa shape index (κ2) is 10.8. The van der Waals surface area contributed by atoms with Crippen LogP contribution in [0.5, 0.6) is 0 Å². The lowest BCUT2D eigenvalue weighted by Gasteiger charge is -2.35. The van der Waals surface area contributed by atoms with Gasteiger partial charge in [-0.15, -0.1) is 0 Å². The maximum atomic E-state index is 13.2. The average molecular weight is 433 g/mol. The molecule has 1 aliphatic heterocycles. The fourth-order valence-corrected chi connectivity index (χ4v) is 3.44. The Balaban J connectivity index is 1.44. The van der Waals surface area contributed by atoms with Crippen LogP contribution in [0.4, 0.5) is 19.3 Å². The number of amides is 3. The molecule has 4 N–H and O–H groups in total. The lowest BCUT2D eigenvalue weighted by atomic mass is 9.97. The summed E-state index contributed by atoms with van der Waals surface area (Å²) >= 11 is 0. The van der Waals surface area contributed by atoms with Gasteiger partial charge < -0.3 is 25.8 Å². The first kappa shape index (κ1) is 22.6. The summed E-state index contributed by atoms with van der Waals surface area (Å²) in [5, 5.41) is 17.7. The van der Waals surface area contributed by atoms with Gasteiger partial charge in [-0.2, -0.15) is 0 Å². The van der Waals surface area contributed by atoms with Crippen molar-refractivity contribution in [2.45, 2.75) is 44.1 Å². The van der Waals surface area contributed by atoms with E-state index in [1.165, 1.54) is 36.4 Å². The van der Waals surface area contributed by atoms with Gasteiger partial charge >= 0.3 is 6.03 Å². The number of urea groups is 1. The number of halogens is 2. The summed E-state index contributed by atoms with van der Waals surface area (Å²) in [5.74, 6) is -1.01. The third-order valence-electron chi connectivity index (χ3n) is 5.01. The van der Waals surface area contributed by atoms with Crippen LogP contribution in [0.15, 0.2) is 48.5 Å². The molecule has 0 aliphatic carbocycles. The number of rotatable bonds is 7. The molecule has 9 heteroatoms. The molecular formula is C22H25F2N3O4. The first-order chi connectivity index (χ1) is 14.9. The molecule has 1 saturated heterocycles. The van der Waals surface area contributed by atoms with Crippen molar-refractivity contribution in [1.29, 1.82) is 0 Å². The fraction of sp³-hybridized carbons (Fsp3) is 0.364. The Bertz CT molecular complexity index is 895. The van der Waals surface area contributed by atoms with Gasteiger partial charge in [0.25, 0.3) is 0 Å². The van der Waals surface area contributed by atoms with Gasteiger partial charge in [0.05, 0.1) is 25.2 Å². The number of ether oxygens (including phenoxy) is 1. The van der Waals surface area contributed by atoms with Crippen molar-refractivity contribution in [2.75, 3.05) is 11.9 Å². The van der Waals surface area contributed by atoms with E-state index in [1.807, 2.05) is 0 Å². The highest BCUT2D eigenvalue weighted by atomic mass is 19.1. The van der Waals surface area contributed by atoms with Crippen LogP contribution in [0.1, 0.15) is 24.8 Å². The molecule has 0 saturated carbocycles. The Morgan fingerprint density at radius 3 is 2.55 bits per heavy atom. The Morgan fingerprint density at radius 1 is 1.06 bits per heavy atom. The Hall–Kier alpha value is -3.04. The molecule has 1 aliphatic rings. The highest BCUT2D eigenvalue weighted by molar-refractivity contribution is 5.89. The van der Waals surface area contributed by atoms with Crippen molar-refractivity contribution in [2.24, 2.45) is 0 Å². The molecule has 0 bridgehead atoms. The normalized spacial score (nSPS) is 20.7. The van der Waals surface area contributed by atoms with E-state index in [0.29, 0.717) is 24.1 Å². The maximum Gasteiger partial charge on any atom is 0.319 e. The Labute approximate surface area is 178 Å². The highest BCUT2D eigenvalue weighted by Crippen LogP contribution is 2.22. The van der Waals surface area contributed by atoms with Crippen LogP contribution in [-0.2, 0) is 16.1 Å². The fourth-order valence-electron chi connectivity index (χ4n) is 3.44. The van der Waals surface area contributed by atoms with E-state index < -0.39 is 30.1 Å². The van der Waals surface area contributed by atoms with E-state index in [4.69, 9.17) is 4.74 Å². The number of aliphatic hydroxyl groups is 1. The molecule has 0 spiro atoms. The number of carbonyl (C=O) groups is 2. The zero-order valence-corrected chi connectivity index (χ0v) is 16.8. The van der Waals surface area contributed by atoms with Gasteiger partial charge in [-0.3, -0.25) is 4.79 Å². The highest BCUT2D eigenvalue weighted by Gasteiger charge is 2.32. The number of anilines is 1. The summed E-state index contributed by atoms with van der Waals surface area (Å²) in [7, 11) is 0. The van der Waals surface area contributed by atoms with Gasteiger partial charge in [0.2, 0.25) is 5.91 Å². The third kappa shape index (κ3) is 7.01. The summed E-state index contributed by atoms with van der Waals surface area (Å²) < 4.78 is 32.0. The van der Waals surface area contributed by atoms with Gasteiger partial charge in [-0.05, 0) is 54.8 Å². The summed E-state index contributed by atoms with van der Waals surface area (Å²) in [6, 6.07) is 10.4. The molecule has 2 aromatic rings. The van der Waals surface area contributed by atoms with E-state index >= 15 is 0 Å². The number of aliphatic hydroxyl groups excluding tert-OH is 1. The van der Waals surface area contributed by atoms with E-state index in [-0.39, 0.29) is 31.3 Å². The van der Waals surface area contributed by atoms with Crippen molar-refractivity contribution in [3.8, 4) is 0 Å². The third-order valence-corrected chi connectivity index (χ3v) is 5.01. The molecule has 166 valence electrons. The van der Waals surface area contributed by atoms with Crippen LogP contribution >= 0.6 is 0 Å². The minimum atomic E-state index is -0.659. The van der Waals surface area contributed by atoms with Crippen LogP contribution in [0.25, 0.3) is 0 Å². The maximum absolute atomic E-state index is 13.2. The van der Waals surface area contributed by atoms with Gasteiger partial charge in [-0.25, -0.2) is 13.6 Å². The second-order valence-electron chi connectivity index (χ2n) is 7.38. The molecule has 0 aromatic heterocycles. The van der Waals surface area contributed by atoms with Crippen molar-refractivity contribution < 1.29 is 28.2 Å². The molecule has 3 atom stereocenters. The van der Waals surface area contributed by atoms with Crippen molar-refractivity contribution in [3.63, 3.8) is 0 Å². The molecular weight excluding hydrogens is 408 g/mol. The van der Waals surface area contributed by atoms with Gasteiger partial charge in [0.15, 0.2) is 0 Å². The molecule has 0 unspecified atom stereocenters. The SMILES string of the molecule is O=C(C[C@H]1CC[C@@H](NC(=O)Nc2ccc(F)cc2)[C@H](CO)O1)NCc1cccc(F)c1. The number of hydrogen-bond acceptors (Lipinski definition) is 4. The van der Waals surface area contributed by atoms with Gasteiger partial charge in [-0.1, -0.05) is 12.1 Å². The van der Waals surface area contributed by atoms with Crippen molar-refractivity contribution in [3.05, 3.63) is 65.7 Å². The molecule has 31 heavy (non-hydrogen) atoms. The predicted octanol–water partition coefficient (Wildman–Crippen LogP) is 2.70. The van der Waals surface area contributed by atoms with Gasteiger partial charge in [0, 0.05) is 12.2 Å². The number of benzene rings is 2. The van der Waals surface area contributed by atoms with Crippen LogP contribution in [0.2, 0.25) is 0 Å². The minimum Gasteiger partial charge on any atom is -0.394 e. The quantitative estimate of drug-likeness (QED) is 0.540. The topological polar surface area (TPSA) is 99.7 Å². The van der Waals surface area contributed by atoms with Crippen LogP contribution < -0.4 is 16.0 Å². The smallest absolute Gasteiger partial charge is 0.319 e. The van der Waals surface area contributed by atoms with Crippen LogP contribution in [0.3, 0.4) is 0 Å². The zero-order valence-electron chi connectivity index (χ0n) is 16.8. The standard InChI is InChI=1S/C22H25F2N3O4/c23-15-4-6-17(7-5-15)26-22(30)27-19-9-8-18(31-20(19)13-28)11-21(29)25-12-14-2-1-3-16(24)10-14/h1-7,10,18-20,28H,8-9,11-13H2,(H,25,29)(H2,26,27,30)/t18-,19-,20+/m1/s1. The zero-order chi connectivity index (χ0) is 22.2. The lowest BCUT2D eigenvalue weighted by Crippen LogP contribution is -2.52. The largest absolute Gasteiger partial charge is 0.394 e. The molecule has 2 aromatic carbocycles. The van der Waals surface area contributed by atoms with Crippen LogP contribution in [0, 0.1) is 11.6 Å². The van der Waals surface area contributed by atoms with E-state index in [1.54, 1.807) is 12.1 Å². The summed E-state index contributed by atoms with van der Waals surface area (Å²) in [4.78, 5) is 24.4. The number of nitrogens with one attached hydrogen (secondary N) is 3.